The molecule has 0 radical (unpaired) electrons. The number of nitrogens with zero attached hydrogens (tertiary/aromatic N) is 6. The van der Waals surface area contributed by atoms with E-state index in [0.29, 0.717) is 24.9 Å². The normalized spacial score (nSPS) is 16.2. The first-order valence-electron chi connectivity index (χ1n) is 8.81. The minimum atomic E-state index is -0.172. The Morgan fingerprint density at radius 2 is 2.00 bits per heavy atom. The Balaban J connectivity index is 1.53. The van der Waals surface area contributed by atoms with Crippen molar-refractivity contribution in [2.45, 2.75) is 45.7 Å². The molecule has 0 bridgehead atoms. The van der Waals surface area contributed by atoms with E-state index >= 15 is 0 Å². The Bertz CT molecular complexity index is 669. The van der Waals surface area contributed by atoms with Gasteiger partial charge in [0, 0.05) is 19.7 Å². The largest absolute Gasteiger partial charge is 0.396 e. The van der Waals surface area contributed by atoms with Crippen LogP contribution in [0.5, 0.6) is 0 Å². The Morgan fingerprint density at radius 3 is 2.56 bits per heavy atom. The molecule has 25 heavy (non-hydrogen) atoms. The molecule has 1 aliphatic rings. The first kappa shape index (κ1) is 17.6. The van der Waals surface area contributed by atoms with Gasteiger partial charge in [-0.3, -0.25) is 0 Å². The fourth-order valence-electron chi connectivity index (χ4n) is 2.82. The first-order chi connectivity index (χ1) is 12.0. The van der Waals surface area contributed by atoms with Gasteiger partial charge in [0.05, 0.1) is 24.0 Å². The quantitative estimate of drug-likeness (QED) is 0.851. The number of aliphatic hydroxyl groups is 1. The molecular formula is C17H27N7O. The Hall–Kier alpha value is -2.22. The topological polar surface area (TPSA) is 92.0 Å². The lowest BCUT2D eigenvalue weighted by Crippen LogP contribution is -2.34. The average Bonchev–Trinajstić information content (AvgIpc) is 3.10. The zero-order valence-electron chi connectivity index (χ0n) is 15.2. The molecule has 2 aromatic rings. The monoisotopic (exact) mass is 345 g/mol. The molecule has 1 fully saturated rings. The maximum atomic E-state index is 9.23. The first-order valence-corrected chi connectivity index (χ1v) is 8.81. The second-order valence-corrected chi connectivity index (χ2v) is 7.53. The molecule has 0 spiro atoms. The average molecular weight is 345 g/mol. The highest BCUT2D eigenvalue weighted by molar-refractivity contribution is 5.49. The van der Waals surface area contributed by atoms with Gasteiger partial charge in [0.15, 0.2) is 5.82 Å². The van der Waals surface area contributed by atoms with Crippen LogP contribution in [-0.4, -0.2) is 50.0 Å². The molecule has 8 nitrogen and oxygen atoms in total. The summed E-state index contributed by atoms with van der Waals surface area (Å²) in [5.41, 5.74) is 0.952. The van der Waals surface area contributed by atoms with Gasteiger partial charge < -0.3 is 15.3 Å². The van der Waals surface area contributed by atoms with Gasteiger partial charge >= 0.3 is 0 Å². The van der Waals surface area contributed by atoms with Crippen molar-refractivity contribution in [2.75, 3.05) is 29.9 Å². The Morgan fingerprint density at radius 1 is 1.24 bits per heavy atom. The molecule has 2 N–H and O–H groups in total. The minimum Gasteiger partial charge on any atom is -0.396 e. The SMILES string of the molecule is CC(C)(C)n1nnc(CNc2ccc(N3CCC(CO)CC3)cn2)n1. The highest BCUT2D eigenvalue weighted by atomic mass is 16.3. The second kappa shape index (κ2) is 7.35. The van der Waals surface area contributed by atoms with Crippen molar-refractivity contribution in [3.05, 3.63) is 24.2 Å². The van der Waals surface area contributed by atoms with Crippen LogP contribution in [0.2, 0.25) is 0 Å². The lowest BCUT2D eigenvalue weighted by Gasteiger charge is -2.32. The van der Waals surface area contributed by atoms with Crippen LogP contribution in [0.25, 0.3) is 0 Å². The molecule has 8 heteroatoms. The van der Waals surface area contributed by atoms with E-state index in [0.717, 1.165) is 37.4 Å². The molecule has 0 saturated carbocycles. The van der Waals surface area contributed by atoms with Crippen molar-refractivity contribution in [3.63, 3.8) is 0 Å². The van der Waals surface area contributed by atoms with Crippen molar-refractivity contribution in [1.82, 2.24) is 25.2 Å². The van der Waals surface area contributed by atoms with Crippen LogP contribution in [0, 0.1) is 5.92 Å². The zero-order valence-corrected chi connectivity index (χ0v) is 15.2. The van der Waals surface area contributed by atoms with Crippen LogP contribution in [-0.2, 0) is 12.1 Å². The van der Waals surface area contributed by atoms with Gasteiger partial charge in [0.2, 0.25) is 0 Å². The molecule has 3 rings (SSSR count). The number of hydrogen-bond donors (Lipinski definition) is 2. The van der Waals surface area contributed by atoms with E-state index in [2.05, 4.69) is 36.7 Å². The highest BCUT2D eigenvalue weighted by Crippen LogP contribution is 2.23. The number of piperidine rings is 1. The van der Waals surface area contributed by atoms with Gasteiger partial charge in [0.1, 0.15) is 5.82 Å². The summed E-state index contributed by atoms with van der Waals surface area (Å²) in [5.74, 6) is 1.88. The lowest BCUT2D eigenvalue weighted by atomic mass is 9.98. The molecule has 3 heterocycles. The number of nitrogens with one attached hydrogen (secondary N) is 1. The van der Waals surface area contributed by atoms with E-state index in [1.165, 1.54) is 0 Å². The lowest BCUT2D eigenvalue weighted by molar-refractivity contribution is 0.203. The minimum absolute atomic E-state index is 0.172. The van der Waals surface area contributed by atoms with E-state index < -0.39 is 0 Å². The van der Waals surface area contributed by atoms with Crippen LogP contribution in [0.4, 0.5) is 11.5 Å². The van der Waals surface area contributed by atoms with Crippen LogP contribution in [0.15, 0.2) is 18.3 Å². The molecule has 1 aliphatic heterocycles. The van der Waals surface area contributed by atoms with Gasteiger partial charge in [-0.1, -0.05) is 0 Å². The van der Waals surface area contributed by atoms with Gasteiger partial charge in [-0.15, -0.1) is 10.2 Å². The summed E-state index contributed by atoms with van der Waals surface area (Å²) in [6.07, 6.45) is 3.96. The maximum absolute atomic E-state index is 9.23. The zero-order chi connectivity index (χ0) is 17.9. The highest BCUT2D eigenvalue weighted by Gasteiger charge is 2.19. The smallest absolute Gasteiger partial charge is 0.193 e. The van der Waals surface area contributed by atoms with Crippen molar-refractivity contribution in [1.29, 1.82) is 0 Å². The molecule has 0 unspecified atom stereocenters. The molecule has 0 atom stereocenters. The number of tetrazole rings is 1. The molecule has 2 aromatic heterocycles. The standard InChI is InChI=1S/C17H27N7O/c1-17(2,3)24-21-16(20-22-24)11-19-15-5-4-14(10-18-15)23-8-6-13(12-25)7-9-23/h4-5,10,13,25H,6-9,11-12H2,1-3H3,(H,18,19). The molecule has 0 aromatic carbocycles. The maximum Gasteiger partial charge on any atom is 0.193 e. The van der Waals surface area contributed by atoms with Crippen molar-refractivity contribution < 1.29 is 5.11 Å². The summed E-state index contributed by atoms with van der Waals surface area (Å²) in [5, 5.41) is 25.0. The number of rotatable bonds is 5. The Kier molecular flexibility index (Phi) is 5.17. The molecule has 136 valence electrons. The predicted octanol–water partition coefficient (Wildman–Crippen LogP) is 1.64. The summed E-state index contributed by atoms with van der Waals surface area (Å²) in [6, 6.07) is 4.05. The van der Waals surface area contributed by atoms with Gasteiger partial charge in [-0.05, 0) is 56.9 Å². The third-order valence-corrected chi connectivity index (χ3v) is 4.47. The van der Waals surface area contributed by atoms with Crippen molar-refractivity contribution in [2.24, 2.45) is 5.92 Å². The van der Waals surface area contributed by atoms with Crippen LogP contribution < -0.4 is 10.2 Å². The van der Waals surface area contributed by atoms with Gasteiger partial charge in [-0.25, -0.2) is 4.98 Å². The summed E-state index contributed by atoms with van der Waals surface area (Å²) in [7, 11) is 0. The number of hydrogen-bond acceptors (Lipinski definition) is 7. The summed E-state index contributed by atoms with van der Waals surface area (Å²) in [6.45, 7) is 8.84. The fourth-order valence-corrected chi connectivity index (χ4v) is 2.82. The van der Waals surface area contributed by atoms with Gasteiger partial charge in [-0.2, -0.15) is 4.80 Å². The van der Waals surface area contributed by atoms with E-state index in [1.54, 1.807) is 4.80 Å². The van der Waals surface area contributed by atoms with E-state index in [9.17, 15) is 5.11 Å². The number of pyridine rings is 1. The fraction of sp³-hybridized carbons (Fsp3) is 0.647. The molecular weight excluding hydrogens is 318 g/mol. The van der Waals surface area contributed by atoms with Crippen molar-refractivity contribution in [3.8, 4) is 0 Å². The number of aliphatic hydroxyl groups excluding tert-OH is 1. The third-order valence-electron chi connectivity index (χ3n) is 4.47. The second-order valence-electron chi connectivity index (χ2n) is 7.53. The number of anilines is 2. The van der Waals surface area contributed by atoms with Crippen molar-refractivity contribution >= 4 is 11.5 Å². The Labute approximate surface area is 148 Å². The van der Waals surface area contributed by atoms with Crippen LogP contribution in [0.3, 0.4) is 0 Å². The summed E-state index contributed by atoms with van der Waals surface area (Å²) in [4.78, 5) is 8.42. The van der Waals surface area contributed by atoms with Crippen LogP contribution in [0.1, 0.15) is 39.4 Å². The van der Waals surface area contributed by atoms with E-state index in [-0.39, 0.29) is 5.54 Å². The molecule has 1 saturated heterocycles. The summed E-state index contributed by atoms with van der Waals surface area (Å²) < 4.78 is 0. The van der Waals surface area contributed by atoms with Crippen LogP contribution >= 0.6 is 0 Å². The molecule has 0 amide bonds. The molecule has 0 aliphatic carbocycles. The third kappa shape index (κ3) is 4.45. The van der Waals surface area contributed by atoms with E-state index in [1.807, 2.05) is 33.0 Å². The van der Waals surface area contributed by atoms with Gasteiger partial charge in [0.25, 0.3) is 0 Å². The van der Waals surface area contributed by atoms with E-state index in [4.69, 9.17) is 0 Å². The summed E-state index contributed by atoms with van der Waals surface area (Å²) >= 11 is 0. The predicted molar refractivity (Wildman–Crippen MR) is 96.4 cm³/mol. The number of aromatic nitrogens is 5.